The zero-order valence-electron chi connectivity index (χ0n) is 12.7. The predicted octanol–water partition coefficient (Wildman–Crippen LogP) is 3.37. The van der Waals surface area contributed by atoms with Crippen LogP contribution in [0.1, 0.15) is 38.8 Å². The molecule has 2 atom stereocenters. The van der Waals surface area contributed by atoms with Crippen molar-refractivity contribution in [1.29, 1.82) is 0 Å². The molecule has 0 aliphatic carbocycles. The summed E-state index contributed by atoms with van der Waals surface area (Å²) in [6.07, 6.45) is 0.868. The van der Waals surface area contributed by atoms with Gasteiger partial charge in [-0.05, 0) is 24.8 Å². The van der Waals surface area contributed by atoms with Crippen molar-refractivity contribution in [1.82, 2.24) is 5.32 Å². The molecule has 3 nitrogen and oxygen atoms in total. The van der Waals surface area contributed by atoms with Crippen molar-refractivity contribution in [3.63, 3.8) is 0 Å². The number of rotatable bonds is 8. The Bertz CT molecular complexity index is 336. The molecule has 0 saturated carbocycles. The van der Waals surface area contributed by atoms with E-state index in [0.29, 0.717) is 12.0 Å². The van der Waals surface area contributed by atoms with Crippen LogP contribution in [0.15, 0.2) is 30.3 Å². The van der Waals surface area contributed by atoms with Crippen LogP contribution in [-0.4, -0.2) is 26.6 Å². The molecule has 1 aromatic carbocycles. The van der Waals surface area contributed by atoms with Crippen LogP contribution in [0.25, 0.3) is 0 Å². The van der Waals surface area contributed by atoms with Gasteiger partial charge in [0.05, 0.1) is 6.04 Å². The van der Waals surface area contributed by atoms with Crippen LogP contribution < -0.4 is 5.32 Å². The third kappa shape index (κ3) is 5.31. The van der Waals surface area contributed by atoms with Crippen molar-refractivity contribution in [2.24, 2.45) is 5.92 Å². The van der Waals surface area contributed by atoms with E-state index < -0.39 is 0 Å². The van der Waals surface area contributed by atoms with Crippen LogP contribution in [0.5, 0.6) is 0 Å². The van der Waals surface area contributed by atoms with E-state index in [1.165, 1.54) is 5.56 Å². The first-order valence-corrected chi connectivity index (χ1v) is 6.95. The molecule has 0 heterocycles. The quantitative estimate of drug-likeness (QED) is 0.731. The lowest BCUT2D eigenvalue weighted by molar-refractivity contribution is -0.121. The average molecular weight is 265 g/mol. The van der Waals surface area contributed by atoms with Crippen LogP contribution in [-0.2, 0) is 9.47 Å². The maximum absolute atomic E-state index is 5.32. The number of hydrogen-bond acceptors (Lipinski definition) is 3. The minimum atomic E-state index is -0.224. The molecule has 3 heteroatoms. The molecule has 0 fully saturated rings. The predicted molar refractivity (Wildman–Crippen MR) is 79.0 cm³/mol. The molecule has 1 N–H and O–H groups in total. The van der Waals surface area contributed by atoms with Gasteiger partial charge in [0.15, 0.2) is 6.29 Å². The number of ether oxygens (including phenoxy) is 2. The average Bonchev–Trinajstić information content (AvgIpc) is 2.40. The first-order valence-electron chi connectivity index (χ1n) is 6.95. The van der Waals surface area contributed by atoms with Gasteiger partial charge in [0.1, 0.15) is 0 Å². The van der Waals surface area contributed by atoms with Gasteiger partial charge in [-0.2, -0.15) is 0 Å². The lowest BCUT2D eigenvalue weighted by Gasteiger charge is -2.29. The van der Waals surface area contributed by atoms with Crippen molar-refractivity contribution >= 4 is 0 Å². The number of methoxy groups -OCH3 is 2. The maximum Gasteiger partial charge on any atom is 0.171 e. The van der Waals surface area contributed by atoms with E-state index in [9.17, 15) is 0 Å². The molecule has 0 spiro atoms. The second-order valence-electron chi connectivity index (χ2n) is 5.39. The van der Waals surface area contributed by atoms with E-state index in [1.807, 2.05) is 6.07 Å². The molecule has 0 radical (unpaired) electrons. The second kappa shape index (κ2) is 8.31. The summed E-state index contributed by atoms with van der Waals surface area (Å²) in [5.74, 6) is 0.633. The van der Waals surface area contributed by atoms with Gasteiger partial charge >= 0.3 is 0 Å². The smallest absolute Gasteiger partial charge is 0.171 e. The highest BCUT2D eigenvalue weighted by molar-refractivity contribution is 5.19. The van der Waals surface area contributed by atoms with Gasteiger partial charge in [-0.1, -0.05) is 44.2 Å². The van der Waals surface area contributed by atoms with Gasteiger partial charge in [0.25, 0.3) is 0 Å². The summed E-state index contributed by atoms with van der Waals surface area (Å²) in [5, 5.41) is 3.62. The Labute approximate surface area is 117 Å². The molecule has 0 aromatic heterocycles. The molecule has 108 valence electrons. The standard InChI is InChI=1S/C16H27NO2/c1-12(2)11-15(14-9-7-6-8-10-14)17-13(3)16(18-4)19-5/h6-10,12-13,15-17H,11H2,1-5H3. The number of benzene rings is 1. The normalized spacial score (nSPS) is 14.9. The van der Waals surface area contributed by atoms with Crippen molar-refractivity contribution < 1.29 is 9.47 Å². The van der Waals surface area contributed by atoms with Gasteiger partial charge in [-0.3, -0.25) is 0 Å². The molecular formula is C16H27NO2. The third-order valence-electron chi connectivity index (χ3n) is 3.25. The molecule has 19 heavy (non-hydrogen) atoms. The van der Waals surface area contributed by atoms with E-state index in [-0.39, 0.29) is 12.3 Å². The largest absolute Gasteiger partial charge is 0.354 e. The second-order valence-corrected chi connectivity index (χ2v) is 5.39. The molecule has 0 bridgehead atoms. The minimum absolute atomic E-state index is 0.138. The highest BCUT2D eigenvalue weighted by atomic mass is 16.7. The molecule has 0 amide bonds. The molecule has 2 unspecified atom stereocenters. The summed E-state index contributed by atoms with van der Waals surface area (Å²) in [6.45, 7) is 6.58. The Balaban J connectivity index is 2.75. The Morgan fingerprint density at radius 3 is 2.05 bits per heavy atom. The van der Waals surface area contributed by atoms with Gasteiger partial charge in [0, 0.05) is 20.3 Å². The van der Waals surface area contributed by atoms with Crippen LogP contribution in [0, 0.1) is 5.92 Å². The minimum Gasteiger partial charge on any atom is -0.354 e. The summed E-state index contributed by atoms with van der Waals surface area (Å²) in [5.41, 5.74) is 1.31. The summed E-state index contributed by atoms with van der Waals surface area (Å²) < 4.78 is 10.6. The zero-order chi connectivity index (χ0) is 14.3. The maximum atomic E-state index is 5.32. The van der Waals surface area contributed by atoms with Crippen LogP contribution >= 0.6 is 0 Å². The molecule has 0 saturated heterocycles. The monoisotopic (exact) mass is 265 g/mol. The van der Waals surface area contributed by atoms with E-state index in [0.717, 1.165) is 6.42 Å². The van der Waals surface area contributed by atoms with Crippen molar-refractivity contribution in [3.05, 3.63) is 35.9 Å². The molecule has 0 aliphatic heterocycles. The van der Waals surface area contributed by atoms with Gasteiger partial charge in [-0.15, -0.1) is 0 Å². The first kappa shape index (κ1) is 16.2. The Hall–Kier alpha value is -0.900. The molecule has 0 aliphatic rings. The van der Waals surface area contributed by atoms with Gasteiger partial charge in [-0.25, -0.2) is 0 Å². The fourth-order valence-electron chi connectivity index (χ4n) is 2.36. The lowest BCUT2D eigenvalue weighted by atomic mass is 9.96. The van der Waals surface area contributed by atoms with E-state index in [1.54, 1.807) is 14.2 Å². The summed E-state index contributed by atoms with van der Waals surface area (Å²) in [7, 11) is 3.35. The van der Waals surface area contributed by atoms with Gasteiger partial charge in [0.2, 0.25) is 0 Å². The number of nitrogens with one attached hydrogen (secondary N) is 1. The van der Waals surface area contributed by atoms with Crippen LogP contribution in [0.4, 0.5) is 0 Å². The Kier molecular flexibility index (Phi) is 7.06. The molecular weight excluding hydrogens is 238 g/mol. The highest BCUT2D eigenvalue weighted by Crippen LogP contribution is 2.22. The molecule has 1 rings (SSSR count). The Morgan fingerprint density at radius 1 is 1.00 bits per heavy atom. The summed E-state index contributed by atoms with van der Waals surface area (Å²) in [6, 6.07) is 11.0. The van der Waals surface area contributed by atoms with Crippen molar-refractivity contribution in [3.8, 4) is 0 Å². The van der Waals surface area contributed by atoms with E-state index >= 15 is 0 Å². The van der Waals surface area contributed by atoms with Gasteiger partial charge < -0.3 is 14.8 Å². The van der Waals surface area contributed by atoms with Crippen LogP contribution in [0.2, 0.25) is 0 Å². The van der Waals surface area contributed by atoms with E-state index in [4.69, 9.17) is 9.47 Å². The highest BCUT2D eigenvalue weighted by Gasteiger charge is 2.21. The topological polar surface area (TPSA) is 30.5 Å². The summed E-state index contributed by atoms with van der Waals surface area (Å²) in [4.78, 5) is 0. The van der Waals surface area contributed by atoms with Crippen molar-refractivity contribution in [2.45, 2.75) is 45.6 Å². The fourth-order valence-corrected chi connectivity index (χ4v) is 2.36. The molecule has 1 aromatic rings. The third-order valence-corrected chi connectivity index (χ3v) is 3.25. The summed E-state index contributed by atoms with van der Waals surface area (Å²) >= 11 is 0. The van der Waals surface area contributed by atoms with E-state index in [2.05, 4.69) is 50.4 Å². The first-order chi connectivity index (χ1) is 9.08. The Morgan fingerprint density at radius 2 is 1.58 bits per heavy atom. The lowest BCUT2D eigenvalue weighted by Crippen LogP contribution is -2.42. The van der Waals surface area contributed by atoms with Crippen LogP contribution in [0.3, 0.4) is 0 Å². The fraction of sp³-hybridized carbons (Fsp3) is 0.625. The van der Waals surface area contributed by atoms with Crippen molar-refractivity contribution in [2.75, 3.05) is 14.2 Å². The zero-order valence-corrected chi connectivity index (χ0v) is 12.7. The SMILES string of the molecule is COC(OC)C(C)NC(CC(C)C)c1ccccc1. The number of hydrogen-bond donors (Lipinski definition) is 1.